The average Bonchev–Trinajstić information content (AvgIpc) is 2.97. The molecule has 1 amide bonds. The number of carbonyl (C=O) groups excluding carboxylic acids is 2. The van der Waals surface area contributed by atoms with Crippen molar-refractivity contribution in [1.82, 2.24) is 4.90 Å². The molecule has 126 valence electrons. The molecule has 0 unspecified atom stereocenters. The molecule has 2 rings (SSSR count). The standard InChI is InChI=1S/C17H24N2O4/c1-17(16(21)23-3)9-4-10-19(17)15(20)14(18)11-12-5-7-13(22-2)8-6-12/h5-8,14H,4,9-11,18H2,1-3H3/t14-,17-/m0/s1. The van der Waals surface area contributed by atoms with Crippen LogP contribution in [0.4, 0.5) is 0 Å². The summed E-state index contributed by atoms with van der Waals surface area (Å²) in [4.78, 5) is 26.3. The number of amides is 1. The fraction of sp³-hybridized carbons (Fsp3) is 0.529. The SMILES string of the molecule is COC(=O)[C@]1(C)CCCN1C(=O)[C@@H](N)Cc1ccc(OC)cc1. The molecule has 0 saturated carbocycles. The lowest BCUT2D eigenvalue weighted by atomic mass is 9.97. The number of likely N-dealkylation sites (tertiary alicyclic amines) is 1. The maximum absolute atomic E-state index is 12.7. The second kappa shape index (κ2) is 7.00. The van der Waals surface area contributed by atoms with E-state index in [4.69, 9.17) is 15.2 Å². The van der Waals surface area contributed by atoms with Crippen molar-refractivity contribution in [1.29, 1.82) is 0 Å². The first-order valence-electron chi connectivity index (χ1n) is 7.71. The zero-order valence-electron chi connectivity index (χ0n) is 13.9. The normalized spacial score (nSPS) is 21.8. The zero-order chi connectivity index (χ0) is 17.0. The minimum absolute atomic E-state index is 0.216. The van der Waals surface area contributed by atoms with E-state index in [1.807, 2.05) is 24.3 Å². The number of hydrogen-bond acceptors (Lipinski definition) is 5. The molecule has 2 N–H and O–H groups in total. The van der Waals surface area contributed by atoms with E-state index < -0.39 is 11.6 Å². The number of nitrogens with zero attached hydrogens (tertiary/aromatic N) is 1. The van der Waals surface area contributed by atoms with E-state index in [9.17, 15) is 9.59 Å². The van der Waals surface area contributed by atoms with Crippen LogP contribution in [-0.2, 0) is 20.7 Å². The molecule has 1 aromatic rings. The van der Waals surface area contributed by atoms with Gasteiger partial charge in [-0.2, -0.15) is 0 Å². The third-order valence-electron chi connectivity index (χ3n) is 4.46. The number of hydrogen-bond donors (Lipinski definition) is 1. The molecule has 1 fully saturated rings. The summed E-state index contributed by atoms with van der Waals surface area (Å²) in [6.07, 6.45) is 1.78. The maximum atomic E-state index is 12.7. The van der Waals surface area contributed by atoms with Crippen molar-refractivity contribution >= 4 is 11.9 Å². The molecule has 6 nitrogen and oxygen atoms in total. The van der Waals surface area contributed by atoms with Gasteiger partial charge in [-0.15, -0.1) is 0 Å². The molecular formula is C17H24N2O4. The van der Waals surface area contributed by atoms with Crippen LogP contribution in [0.3, 0.4) is 0 Å². The molecule has 0 bridgehead atoms. The minimum atomic E-state index is -0.913. The van der Waals surface area contributed by atoms with Crippen LogP contribution in [0, 0.1) is 0 Å². The van der Waals surface area contributed by atoms with Gasteiger partial charge in [0.05, 0.1) is 20.3 Å². The van der Waals surface area contributed by atoms with Crippen LogP contribution in [0.2, 0.25) is 0 Å². The lowest BCUT2D eigenvalue weighted by molar-refractivity contribution is -0.158. The summed E-state index contributed by atoms with van der Waals surface area (Å²) in [6.45, 7) is 2.27. The first kappa shape index (κ1) is 17.3. The Labute approximate surface area is 136 Å². The number of nitrogens with two attached hydrogens (primary N) is 1. The van der Waals surface area contributed by atoms with Gasteiger partial charge in [0.2, 0.25) is 5.91 Å². The summed E-state index contributed by atoms with van der Waals surface area (Å²) in [5.41, 5.74) is 6.12. The Kier molecular flexibility index (Phi) is 5.26. The monoisotopic (exact) mass is 320 g/mol. The number of rotatable bonds is 5. The second-order valence-electron chi connectivity index (χ2n) is 6.02. The van der Waals surface area contributed by atoms with Crippen molar-refractivity contribution < 1.29 is 19.1 Å². The Hall–Kier alpha value is -2.08. The van der Waals surface area contributed by atoms with E-state index >= 15 is 0 Å². The third-order valence-corrected chi connectivity index (χ3v) is 4.46. The van der Waals surface area contributed by atoms with Gasteiger partial charge >= 0.3 is 5.97 Å². The molecule has 23 heavy (non-hydrogen) atoms. The Morgan fingerprint density at radius 3 is 2.52 bits per heavy atom. The Morgan fingerprint density at radius 1 is 1.30 bits per heavy atom. The predicted molar refractivity (Wildman–Crippen MR) is 86.0 cm³/mol. The van der Waals surface area contributed by atoms with Crippen molar-refractivity contribution in [3.63, 3.8) is 0 Å². The predicted octanol–water partition coefficient (Wildman–Crippen LogP) is 1.12. The maximum Gasteiger partial charge on any atom is 0.331 e. The van der Waals surface area contributed by atoms with Crippen LogP contribution in [-0.4, -0.2) is 49.1 Å². The summed E-state index contributed by atoms with van der Waals surface area (Å²) in [5.74, 6) is 0.151. The Balaban J connectivity index is 2.07. The quantitative estimate of drug-likeness (QED) is 0.822. The average molecular weight is 320 g/mol. The zero-order valence-corrected chi connectivity index (χ0v) is 13.9. The van der Waals surface area contributed by atoms with Gasteiger partial charge in [-0.3, -0.25) is 4.79 Å². The summed E-state index contributed by atoms with van der Waals surface area (Å²) in [6, 6.07) is 6.75. The summed E-state index contributed by atoms with van der Waals surface area (Å²) < 4.78 is 9.96. The first-order chi connectivity index (χ1) is 10.9. The van der Waals surface area contributed by atoms with E-state index in [0.29, 0.717) is 19.4 Å². The summed E-state index contributed by atoms with van der Waals surface area (Å²) >= 11 is 0. The number of methoxy groups -OCH3 is 2. The van der Waals surface area contributed by atoms with Crippen molar-refractivity contribution in [2.24, 2.45) is 5.73 Å². The molecule has 1 aliphatic heterocycles. The van der Waals surface area contributed by atoms with Crippen LogP contribution in [0.25, 0.3) is 0 Å². The smallest absolute Gasteiger partial charge is 0.331 e. The van der Waals surface area contributed by atoms with E-state index in [0.717, 1.165) is 17.7 Å². The van der Waals surface area contributed by atoms with Crippen molar-refractivity contribution in [3.8, 4) is 5.75 Å². The number of carbonyl (C=O) groups is 2. The van der Waals surface area contributed by atoms with Crippen LogP contribution in [0.15, 0.2) is 24.3 Å². The molecule has 6 heteroatoms. The highest BCUT2D eigenvalue weighted by Gasteiger charge is 2.47. The van der Waals surface area contributed by atoms with Crippen molar-refractivity contribution in [2.75, 3.05) is 20.8 Å². The number of esters is 1. The lowest BCUT2D eigenvalue weighted by Gasteiger charge is -2.34. The minimum Gasteiger partial charge on any atom is -0.497 e. The largest absolute Gasteiger partial charge is 0.497 e. The van der Waals surface area contributed by atoms with Crippen LogP contribution >= 0.6 is 0 Å². The van der Waals surface area contributed by atoms with Gasteiger partial charge in [0.15, 0.2) is 0 Å². The Morgan fingerprint density at radius 2 is 1.96 bits per heavy atom. The summed E-state index contributed by atoms with van der Waals surface area (Å²) in [7, 11) is 2.94. The molecule has 0 aliphatic carbocycles. The fourth-order valence-electron chi connectivity index (χ4n) is 3.05. The van der Waals surface area contributed by atoms with E-state index in [2.05, 4.69) is 0 Å². The summed E-state index contributed by atoms with van der Waals surface area (Å²) in [5, 5.41) is 0. The lowest BCUT2D eigenvalue weighted by Crippen LogP contribution is -2.56. The molecule has 1 saturated heterocycles. The van der Waals surface area contributed by atoms with Gasteiger partial charge in [0, 0.05) is 6.54 Å². The van der Waals surface area contributed by atoms with Crippen LogP contribution in [0.1, 0.15) is 25.3 Å². The van der Waals surface area contributed by atoms with E-state index in [-0.39, 0.29) is 11.9 Å². The molecule has 0 radical (unpaired) electrons. The molecule has 0 spiro atoms. The third kappa shape index (κ3) is 3.47. The van der Waals surface area contributed by atoms with Gasteiger partial charge in [-0.1, -0.05) is 12.1 Å². The topological polar surface area (TPSA) is 81.9 Å². The van der Waals surface area contributed by atoms with Crippen molar-refractivity contribution in [3.05, 3.63) is 29.8 Å². The van der Waals surface area contributed by atoms with Gasteiger partial charge in [-0.05, 0) is 43.9 Å². The van der Waals surface area contributed by atoms with Gasteiger partial charge in [0.25, 0.3) is 0 Å². The fourth-order valence-corrected chi connectivity index (χ4v) is 3.05. The molecule has 1 heterocycles. The first-order valence-corrected chi connectivity index (χ1v) is 7.71. The van der Waals surface area contributed by atoms with Crippen LogP contribution in [0.5, 0.6) is 5.75 Å². The van der Waals surface area contributed by atoms with Gasteiger partial charge in [-0.25, -0.2) is 4.79 Å². The highest BCUT2D eigenvalue weighted by Crippen LogP contribution is 2.31. The van der Waals surface area contributed by atoms with Gasteiger partial charge < -0.3 is 20.1 Å². The van der Waals surface area contributed by atoms with Gasteiger partial charge in [0.1, 0.15) is 11.3 Å². The molecule has 0 aromatic heterocycles. The molecular weight excluding hydrogens is 296 g/mol. The number of ether oxygens (including phenoxy) is 2. The van der Waals surface area contributed by atoms with Crippen molar-refractivity contribution in [2.45, 2.75) is 37.8 Å². The van der Waals surface area contributed by atoms with Crippen LogP contribution < -0.4 is 10.5 Å². The highest BCUT2D eigenvalue weighted by molar-refractivity contribution is 5.90. The highest BCUT2D eigenvalue weighted by atomic mass is 16.5. The second-order valence-corrected chi connectivity index (χ2v) is 6.02. The van der Waals surface area contributed by atoms with E-state index in [1.165, 1.54) is 7.11 Å². The molecule has 2 atom stereocenters. The molecule has 1 aromatic carbocycles. The molecule has 1 aliphatic rings. The number of benzene rings is 1. The Bertz CT molecular complexity index is 572. The van der Waals surface area contributed by atoms with E-state index in [1.54, 1.807) is 18.9 Å².